The summed E-state index contributed by atoms with van der Waals surface area (Å²) >= 11 is 12.1. The fraction of sp³-hybridized carbons (Fsp3) is 0.364. The molecule has 0 aliphatic carbocycles. The molecule has 1 saturated heterocycles. The number of nitriles is 1. The van der Waals surface area contributed by atoms with Crippen molar-refractivity contribution in [2.24, 2.45) is 11.8 Å². The SMILES string of the molecule is CC1C(=O)C(C)C(c2ccc(Cl)cc2)N(OCCC#N)C1c1ccc(Cl)cc1. The monoisotopic (exact) mass is 416 g/mol. The van der Waals surface area contributed by atoms with E-state index in [1.54, 1.807) is 0 Å². The van der Waals surface area contributed by atoms with E-state index in [4.69, 9.17) is 33.3 Å². The van der Waals surface area contributed by atoms with E-state index >= 15 is 0 Å². The van der Waals surface area contributed by atoms with Gasteiger partial charge in [0, 0.05) is 21.9 Å². The molecule has 0 saturated carbocycles. The minimum Gasteiger partial charge on any atom is -0.299 e. The maximum Gasteiger partial charge on any atom is 0.142 e. The van der Waals surface area contributed by atoms with Crippen LogP contribution in [0.5, 0.6) is 0 Å². The largest absolute Gasteiger partial charge is 0.299 e. The van der Waals surface area contributed by atoms with Crippen LogP contribution >= 0.6 is 23.2 Å². The van der Waals surface area contributed by atoms with Crippen LogP contribution in [0.15, 0.2) is 48.5 Å². The second-order valence-electron chi connectivity index (χ2n) is 7.07. The number of Topliss-reactive ketones (excluding diaryl/α,β-unsaturated/α-hetero) is 1. The van der Waals surface area contributed by atoms with E-state index in [2.05, 4.69) is 6.07 Å². The summed E-state index contributed by atoms with van der Waals surface area (Å²) < 4.78 is 0. The van der Waals surface area contributed by atoms with Gasteiger partial charge in [0.2, 0.25) is 0 Å². The van der Waals surface area contributed by atoms with Crippen molar-refractivity contribution >= 4 is 29.0 Å². The molecule has 28 heavy (non-hydrogen) atoms. The maximum atomic E-state index is 13.1. The smallest absolute Gasteiger partial charge is 0.142 e. The standard InChI is InChI=1S/C22H22Cl2N2O2/c1-14-20(16-4-8-18(23)9-5-16)26(28-13-3-12-25)21(15(2)22(14)27)17-6-10-19(24)11-7-17/h4-11,14-15,20-21H,3,13H2,1-2H3. The average Bonchev–Trinajstić information content (AvgIpc) is 2.69. The lowest BCUT2D eigenvalue weighted by molar-refractivity contribution is -0.246. The zero-order valence-corrected chi connectivity index (χ0v) is 17.3. The molecule has 0 bridgehead atoms. The summed E-state index contributed by atoms with van der Waals surface area (Å²) in [6, 6.07) is 16.5. The van der Waals surface area contributed by atoms with Gasteiger partial charge in [-0.15, -0.1) is 0 Å². The quantitative estimate of drug-likeness (QED) is 0.579. The van der Waals surface area contributed by atoms with Crippen LogP contribution in [0, 0.1) is 23.2 Å². The van der Waals surface area contributed by atoms with Gasteiger partial charge in [0.05, 0.1) is 31.2 Å². The molecule has 1 aliphatic rings. The molecular weight excluding hydrogens is 395 g/mol. The average molecular weight is 417 g/mol. The van der Waals surface area contributed by atoms with E-state index in [1.807, 2.05) is 67.4 Å². The lowest BCUT2D eigenvalue weighted by Crippen LogP contribution is -2.49. The second kappa shape index (κ2) is 9.07. The van der Waals surface area contributed by atoms with Crippen LogP contribution < -0.4 is 0 Å². The van der Waals surface area contributed by atoms with E-state index in [-0.39, 0.29) is 42.7 Å². The first-order valence-electron chi connectivity index (χ1n) is 9.27. The number of ketones is 1. The first kappa shape index (κ1) is 20.8. The molecule has 0 radical (unpaired) electrons. The highest BCUT2D eigenvalue weighted by Gasteiger charge is 2.47. The number of rotatable bonds is 5. The van der Waals surface area contributed by atoms with Crippen molar-refractivity contribution in [3.05, 3.63) is 69.7 Å². The zero-order valence-electron chi connectivity index (χ0n) is 15.8. The Morgan fingerprint density at radius 2 is 1.36 bits per heavy atom. The third kappa shape index (κ3) is 4.24. The number of hydroxylamine groups is 2. The molecular formula is C22H22Cl2N2O2. The van der Waals surface area contributed by atoms with Gasteiger partial charge in [-0.2, -0.15) is 10.3 Å². The van der Waals surface area contributed by atoms with Gasteiger partial charge >= 0.3 is 0 Å². The van der Waals surface area contributed by atoms with Crippen molar-refractivity contribution in [2.45, 2.75) is 32.4 Å². The summed E-state index contributed by atoms with van der Waals surface area (Å²) in [6.07, 6.45) is 0.272. The van der Waals surface area contributed by atoms with Gasteiger partial charge in [-0.1, -0.05) is 61.3 Å². The molecule has 1 heterocycles. The third-order valence-corrected chi connectivity index (χ3v) is 5.77. The molecule has 6 heteroatoms. The number of hydrogen-bond acceptors (Lipinski definition) is 4. The van der Waals surface area contributed by atoms with Gasteiger partial charge in [-0.05, 0) is 35.4 Å². The maximum absolute atomic E-state index is 13.1. The van der Waals surface area contributed by atoms with Crippen LogP contribution in [-0.4, -0.2) is 17.5 Å². The number of benzene rings is 2. The van der Waals surface area contributed by atoms with Crippen LogP contribution in [0.4, 0.5) is 0 Å². The van der Waals surface area contributed by atoms with Gasteiger partial charge in [0.15, 0.2) is 0 Å². The molecule has 0 amide bonds. The summed E-state index contributed by atoms with van der Waals surface area (Å²) in [5, 5.41) is 12.1. The number of carbonyl (C=O) groups excluding carboxylic acids is 1. The van der Waals surface area contributed by atoms with Crippen molar-refractivity contribution in [1.29, 1.82) is 5.26 Å². The predicted molar refractivity (Wildman–Crippen MR) is 110 cm³/mol. The Morgan fingerprint density at radius 1 is 0.929 bits per heavy atom. The number of hydrogen-bond donors (Lipinski definition) is 0. The molecule has 0 aromatic heterocycles. The number of halogens is 2. The molecule has 0 spiro atoms. The Morgan fingerprint density at radius 3 is 1.75 bits per heavy atom. The Kier molecular flexibility index (Phi) is 6.74. The highest BCUT2D eigenvalue weighted by molar-refractivity contribution is 6.30. The van der Waals surface area contributed by atoms with Crippen LogP contribution in [-0.2, 0) is 9.63 Å². The van der Waals surface area contributed by atoms with Crippen molar-refractivity contribution in [1.82, 2.24) is 5.06 Å². The topological polar surface area (TPSA) is 53.3 Å². The molecule has 1 aliphatic heterocycles. The van der Waals surface area contributed by atoms with Crippen molar-refractivity contribution in [3.8, 4) is 6.07 Å². The van der Waals surface area contributed by atoms with Gasteiger partial charge in [0.25, 0.3) is 0 Å². The molecule has 4 atom stereocenters. The van der Waals surface area contributed by atoms with Crippen LogP contribution in [0.2, 0.25) is 10.0 Å². The summed E-state index contributed by atoms with van der Waals surface area (Å²) in [5.74, 6) is -0.344. The van der Waals surface area contributed by atoms with E-state index in [0.717, 1.165) is 11.1 Å². The van der Waals surface area contributed by atoms with Gasteiger partial charge < -0.3 is 0 Å². The molecule has 4 nitrogen and oxygen atoms in total. The first-order chi connectivity index (χ1) is 13.4. The lowest BCUT2D eigenvalue weighted by atomic mass is 9.76. The summed E-state index contributed by atoms with van der Waals surface area (Å²) in [6.45, 7) is 4.12. The molecule has 0 N–H and O–H groups in total. The van der Waals surface area contributed by atoms with Crippen molar-refractivity contribution < 1.29 is 9.63 Å². The fourth-order valence-corrected chi connectivity index (χ4v) is 4.14. The van der Waals surface area contributed by atoms with Crippen LogP contribution in [0.3, 0.4) is 0 Å². The summed E-state index contributed by atoms with van der Waals surface area (Å²) in [4.78, 5) is 19.2. The predicted octanol–water partition coefficient (Wildman–Crippen LogP) is 5.78. The Bertz CT molecular complexity index is 800. The summed E-state index contributed by atoms with van der Waals surface area (Å²) in [5.41, 5.74) is 1.90. The highest BCUT2D eigenvalue weighted by Crippen LogP contribution is 2.46. The number of nitrogens with zero attached hydrogens (tertiary/aromatic N) is 2. The van der Waals surface area contributed by atoms with E-state index in [0.29, 0.717) is 10.0 Å². The molecule has 2 aromatic rings. The minimum atomic E-state index is -0.277. The zero-order chi connectivity index (χ0) is 20.3. The van der Waals surface area contributed by atoms with E-state index in [9.17, 15) is 4.79 Å². The van der Waals surface area contributed by atoms with Gasteiger partial charge in [-0.3, -0.25) is 9.63 Å². The van der Waals surface area contributed by atoms with Crippen LogP contribution in [0.25, 0.3) is 0 Å². The molecule has 3 rings (SSSR count). The third-order valence-electron chi connectivity index (χ3n) is 5.27. The normalized spacial score (nSPS) is 25.5. The Hall–Kier alpha value is -1.90. The van der Waals surface area contributed by atoms with E-state index in [1.165, 1.54) is 0 Å². The van der Waals surface area contributed by atoms with E-state index < -0.39 is 0 Å². The second-order valence-corrected chi connectivity index (χ2v) is 7.95. The fourth-order valence-electron chi connectivity index (χ4n) is 3.89. The van der Waals surface area contributed by atoms with Crippen molar-refractivity contribution in [3.63, 3.8) is 0 Å². The first-order valence-corrected chi connectivity index (χ1v) is 10.0. The van der Waals surface area contributed by atoms with Crippen molar-refractivity contribution in [2.75, 3.05) is 6.61 Å². The number of piperidine rings is 1. The molecule has 2 aromatic carbocycles. The molecule has 146 valence electrons. The highest BCUT2D eigenvalue weighted by atomic mass is 35.5. The minimum absolute atomic E-state index is 0.181. The molecule has 1 fully saturated rings. The van der Waals surface area contributed by atoms with Gasteiger partial charge in [-0.25, -0.2) is 0 Å². The van der Waals surface area contributed by atoms with Gasteiger partial charge in [0.1, 0.15) is 5.78 Å². The summed E-state index contributed by atoms with van der Waals surface area (Å²) in [7, 11) is 0. The Labute approximate surface area is 175 Å². The Balaban J connectivity index is 2.06. The lowest BCUT2D eigenvalue weighted by Gasteiger charge is -2.47. The number of carbonyl (C=O) groups is 1. The molecule has 4 unspecified atom stereocenters. The van der Waals surface area contributed by atoms with Crippen LogP contribution in [0.1, 0.15) is 43.5 Å².